The molecule has 0 bridgehead atoms. The molecule has 4 rings (SSSR count). The highest BCUT2D eigenvalue weighted by molar-refractivity contribution is 9.10. The van der Waals surface area contributed by atoms with Crippen LogP contribution in [0.25, 0.3) is 0 Å². The number of hydrazone groups is 1. The molecule has 1 aliphatic rings. The van der Waals surface area contributed by atoms with Gasteiger partial charge in [0.1, 0.15) is 0 Å². The summed E-state index contributed by atoms with van der Waals surface area (Å²) in [6.45, 7) is 4.37. The average Bonchev–Trinajstić information content (AvgIpc) is 2.82. The zero-order valence-corrected chi connectivity index (χ0v) is 20.9. The number of benzene rings is 2. The molecule has 12 nitrogen and oxygen atoms in total. The first-order valence-electron chi connectivity index (χ1n) is 10.3. The highest BCUT2D eigenvalue weighted by atomic mass is 79.9. The number of morpholine rings is 1. The van der Waals surface area contributed by atoms with Crippen molar-refractivity contribution in [1.82, 2.24) is 15.0 Å². The van der Waals surface area contributed by atoms with Gasteiger partial charge in [-0.25, -0.2) is 5.43 Å². The number of rotatable bonds is 7. The van der Waals surface area contributed by atoms with Crippen LogP contribution < -0.4 is 15.6 Å². The summed E-state index contributed by atoms with van der Waals surface area (Å²) in [5, 5.41) is 28.3. The molecule has 0 spiro atoms. The van der Waals surface area contributed by atoms with E-state index in [0.717, 1.165) is 15.7 Å². The monoisotopic (exact) mass is 564 g/mol. The van der Waals surface area contributed by atoms with Crippen LogP contribution in [-0.2, 0) is 4.74 Å². The van der Waals surface area contributed by atoms with Crippen molar-refractivity contribution in [2.45, 2.75) is 6.92 Å². The molecule has 1 fully saturated rings. The van der Waals surface area contributed by atoms with Crippen LogP contribution in [0.1, 0.15) is 11.1 Å². The second-order valence-electron chi connectivity index (χ2n) is 7.33. The molecule has 2 heterocycles. The molecule has 0 amide bonds. The first kappa shape index (κ1) is 26.1. The minimum atomic E-state index is -0.665. The first-order chi connectivity index (χ1) is 16.4. The van der Waals surface area contributed by atoms with Gasteiger partial charge in [-0.05, 0) is 46.6 Å². The summed E-state index contributed by atoms with van der Waals surface area (Å²) in [5.41, 5.74) is 4.36. The van der Waals surface area contributed by atoms with E-state index in [1.807, 2.05) is 30.0 Å². The molecule has 0 unspecified atom stereocenters. The molecule has 2 aromatic carbocycles. The summed E-state index contributed by atoms with van der Waals surface area (Å²) in [5.74, 6) is 0.426. The summed E-state index contributed by atoms with van der Waals surface area (Å²) < 4.78 is 6.27. The van der Waals surface area contributed by atoms with Crippen molar-refractivity contribution < 1.29 is 14.8 Å². The van der Waals surface area contributed by atoms with E-state index in [0.29, 0.717) is 38.2 Å². The molecular formula is C21H22BrClN8O4. The van der Waals surface area contributed by atoms with Gasteiger partial charge >= 0.3 is 5.69 Å². The second-order valence-corrected chi connectivity index (χ2v) is 8.19. The summed E-state index contributed by atoms with van der Waals surface area (Å²) in [6, 6.07) is 10.0. The Morgan fingerprint density at radius 1 is 1.20 bits per heavy atom. The number of nitro groups is 1. The minimum absolute atomic E-state index is 0. The average molecular weight is 566 g/mol. The Labute approximate surface area is 215 Å². The Balaban J connectivity index is 0.00000342. The fraction of sp³-hybridized carbons (Fsp3) is 0.238. The lowest BCUT2D eigenvalue weighted by Crippen LogP contribution is -2.37. The molecule has 14 heteroatoms. The van der Waals surface area contributed by atoms with Crippen LogP contribution in [0.3, 0.4) is 0 Å². The van der Waals surface area contributed by atoms with E-state index in [9.17, 15) is 15.2 Å². The number of phenolic OH excluding ortho intramolecular Hbond substituents is 1. The van der Waals surface area contributed by atoms with E-state index in [4.69, 9.17) is 4.74 Å². The van der Waals surface area contributed by atoms with E-state index in [-0.39, 0.29) is 23.9 Å². The topological polar surface area (TPSA) is 151 Å². The number of phenols is 1. The second kappa shape index (κ2) is 11.7. The zero-order chi connectivity index (χ0) is 24.1. The van der Waals surface area contributed by atoms with Crippen LogP contribution in [0.2, 0.25) is 0 Å². The lowest BCUT2D eigenvalue weighted by molar-refractivity contribution is -0.385. The van der Waals surface area contributed by atoms with Crippen molar-refractivity contribution in [1.29, 1.82) is 0 Å². The van der Waals surface area contributed by atoms with Crippen molar-refractivity contribution in [2.24, 2.45) is 5.10 Å². The quantitative estimate of drug-likeness (QED) is 0.218. The van der Waals surface area contributed by atoms with Gasteiger partial charge in [0.05, 0.1) is 30.0 Å². The number of nitro benzene ring substituents is 1. The van der Waals surface area contributed by atoms with Crippen molar-refractivity contribution in [3.63, 3.8) is 0 Å². The first-order valence-corrected chi connectivity index (χ1v) is 11.1. The largest absolute Gasteiger partial charge is 0.502 e. The lowest BCUT2D eigenvalue weighted by atomic mass is 10.2. The van der Waals surface area contributed by atoms with Crippen molar-refractivity contribution in [3.8, 4) is 5.75 Å². The number of hydrogen-bond donors (Lipinski definition) is 3. The predicted octanol–water partition coefficient (Wildman–Crippen LogP) is 4.00. The van der Waals surface area contributed by atoms with Gasteiger partial charge in [0.15, 0.2) is 0 Å². The molecule has 1 aliphatic heterocycles. The minimum Gasteiger partial charge on any atom is -0.502 e. The molecule has 3 aromatic rings. The number of anilines is 4. The molecule has 1 saturated heterocycles. The van der Waals surface area contributed by atoms with Crippen LogP contribution in [0.5, 0.6) is 5.75 Å². The van der Waals surface area contributed by atoms with E-state index in [2.05, 4.69) is 46.7 Å². The van der Waals surface area contributed by atoms with Gasteiger partial charge in [0.25, 0.3) is 0 Å². The highest BCUT2D eigenvalue weighted by Crippen LogP contribution is 2.28. The number of nitrogens with one attached hydrogen (secondary N) is 2. The summed E-state index contributed by atoms with van der Waals surface area (Å²) >= 11 is 3.54. The van der Waals surface area contributed by atoms with Crippen molar-refractivity contribution in [2.75, 3.05) is 41.9 Å². The molecule has 0 radical (unpaired) electrons. The van der Waals surface area contributed by atoms with Crippen LogP contribution in [0, 0.1) is 17.0 Å². The highest BCUT2D eigenvalue weighted by Gasteiger charge is 2.18. The molecule has 0 atom stereocenters. The number of aromatic hydroxyl groups is 1. The fourth-order valence-electron chi connectivity index (χ4n) is 3.18. The third-order valence-corrected chi connectivity index (χ3v) is 5.56. The third-order valence-electron chi connectivity index (χ3n) is 4.90. The van der Waals surface area contributed by atoms with Crippen molar-refractivity contribution >= 4 is 63.8 Å². The Bertz CT molecular complexity index is 1240. The molecule has 3 N–H and O–H groups in total. The molecule has 184 valence electrons. The van der Waals surface area contributed by atoms with Crippen molar-refractivity contribution in [3.05, 3.63) is 62.1 Å². The third kappa shape index (κ3) is 6.53. The van der Waals surface area contributed by atoms with Gasteiger partial charge in [-0.1, -0.05) is 12.1 Å². The molecular weight excluding hydrogens is 544 g/mol. The van der Waals surface area contributed by atoms with Gasteiger partial charge in [0.2, 0.25) is 23.6 Å². The maximum atomic E-state index is 11.0. The number of halogens is 2. The number of para-hydroxylation sites is 1. The number of hydrogen-bond acceptors (Lipinski definition) is 11. The van der Waals surface area contributed by atoms with Crippen LogP contribution >= 0.6 is 28.3 Å². The summed E-state index contributed by atoms with van der Waals surface area (Å²) in [6.07, 6.45) is 1.25. The van der Waals surface area contributed by atoms with E-state index in [1.165, 1.54) is 24.4 Å². The molecule has 0 aliphatic carbocycles. The Hall–Kier alpha value is -3.55. The van der Waals surface area contributed by atoms with Crippen LogP contribution in [0.4, 0.5) is 29.2 Å². The van der Waals surface area contributed by atoms with E-state index in [1.54, 1.807) is 0 Å². The summed E-state index contributed by atoms with van der Waals surface area (Å²) in [4.78, 5) is 25.7. The molecule has 0 saturated carbocycles. The van der Waals surface area contributed by atoms with Crippen LogP contribution in [-0.4, -0.2) is 57.5 Å². The van der Waals surface area contributed by atoms with E-state index >= 15 is 0 Å². The predicted molar refractivity (Wildman–Crippen MR) is 138 cm³/mol. The Kier molecular flexibility index (Phi) is 8.73. The number of ether oxygens (including phenoxy) is 1. The SMILES string of the molecule is Cc1ccc(Nc2nc(N/N=C/c3cccc([N+](=O)[O-])c3O)nc(N3CCOCC3)n2)c(Br)c1.Cl. The lowest BCUT2D eigenvalue weighted by Gasteiger charge is -2.27. The van der Waals surface area contributed by atoms with Gasteiger partial charge in [-0.15, -0.1) is 12.4 Å². The number of aromatic nitrogens is 3. The van der Waals surface area contributed by atoms with E-state index < -0.39 is 16.4 Å². The summed E-state index contributed by atoms with van der Waals surface area (Å²) in [7, 11) is 0. The Morgan fingerprint density at radius 3 is 2.66 bits per heavy atom. The standard InChI is InChI=1S/C21H21BrN8O4.ClH/c1-13-5-6-16(15(22)11-13)24-19-25-20(27-21(26-19)29-7-9-34-10-8-29)28-23-12-14-3-2-4-17(18(14)31)30(32)33;/h2-6,11-12,31H,7-10H2,1H3,(H2,24,25,26,27,28);1H/b23-12+;. The zero-order valence-electron chi connectivity index (χ0n) is 18.5. The number of nitrogens with zero attached hydrogens (tertiary/aromatic N) is 6. The van der Waals surface area contributed by atoms with Gasteiger partial charge in [0, 0.05) is 29.2 Å². The number of aryl methyl sites for hydroxylation is 1. The van der Waals surface area contributed by atoms with Gasteiger partial charge in [-0.3, -0.25) is 10.1 Å². The molecule has 35 heavy (non-hydrogen) atoms. The van der Waals surface area contributed by atoms with Gasteiger partial charge < -0.3 is 20.1 Å². The normalized spacial score (nSPS) is 13.4. The van der Waals surface area contributed by atoms with Gasteiger partial charge in [-0.2, -0.15) is 20.1 Å². The molecule has 1 aromatic heterocycles. The smallest absolute Gasteiger partial charge is 0.311 e. The maximum Gasteiger partial charge on any atom is 0.311 e. The maximum absolute atomic E-state index is 11.0. The Morgan fingerprint density at radius 2 is 1.94 bits per heavy atom. The van der Waals surface area contributed by atoms with Crippen LogP contribution in [0.15, 0.2) is 46.0 Å². The fourth-order valence-corrected chi connectivity index (χ4v) is 3.77.